The average molecular weight is 499 g/mol. The maximum Gasteiger partial charge on any atom is 0.255 e. The molecule has 0 aromatic heterocycles. The lowest BCUT2D eigenvalue weighted by molar-refractivity contribution is -0.121. The van der Waals surface area contributed by atoms with E-state index in [1.807, 2.05) is 50.2 Å². The maximum absolute atomic E-state index is 13.3. The Morgan fingerprint density at radius 2 is 1.65 bits per heavy atom. The highest BCUT2D eigenvalue weighted by Crippen LogP contribution is 2.22. The van der Waals surface area contributed by atoms with Gasteiger partial charge >= 0.3 is 0 Å². The molecule has 0 saturated heterocycles. The molecule has 0 fully saturated rings. The predicted octanol–water partition coefficient (Wildman–Crippen LogP) is 4.06. The van der Waals surface area contributed by atoms with Gasteiger partial charge in [-0.25, -0.2) is 13.8 Å². The summed E-state index contributed by atoms with van der Waals surface area (Å²) in [7, 11) is -0.0671. The van der Waals surface area contributed by atoms with Gasteiger partial charge in [0.1, 0.15) is 0 Å². The van der Waals surface area contributed by atoms with Crippen LogP contribution < -0.4 is 10.3 Å². The van der Waals surface area contributed by atoms with E-state index < -0.39 is 22.5 Å². The SMILES string of the molecule is Cc1ccc(S(=O)(=O)N(CC(=O)N/N=C\c2ccc(N(C)C)cc2)Cc2ccccc2Cl)cc1. The summed E-state index contributed by atoms with van der Waals surface area (Å²) in [6.07, 6.45) is 1.50. The van der Waals surface area contributed by atoms with Crippen LogP contribution in [0.15, 0.2) is 82.8 Å². The van der Waals surface area contributed by atoms with Crippen LogP contribution in [0.1, 0.15) is 16.7 Å². The smallest absolute Gasteiger partial charge is 0.255 e. The predicted molar refractivity (Wildman–Crippen MR) is 137 cm³/mol. The Balaban J connectivity index is 1.77. The normalized spacial score (nSPS) is 11.7. The summed E-state index contributed by atoms with van der Waals surface area (Å²) in [5, 5.41) is 4.40. The lowest BCUT2D eigenvalue weighted by Crippen LogP contribution is -2.39. The highest BCUT2D eigenvalue weighted by Gasteiger charge is 2.27. The molecule has 0 aliphatic heterocycles. The first kappa shape index (κ1) is 25.4. The monoisotopic (exact) mass is 498 g/mol. The van der Waals surface area contributed by atoms with Crippen molar-refractivity contribution in [3.05, 3.63) is 94.5 Å². The number of hydrogen-bond donors (Lipinski definition) is 1. The number of amides is 1. The molecule has 0 aliphatic carbocycles. The molecular weight excluding hydrogens is 472 g/mol. The van der Waals surface area contributed by atoms with E-state index in [0.717, 1.165) is 21.1 Å². The van der Waals surface area contributed by atoms with Gasteiger partial charge in [-0.3, -0.25) is 4.79 Å². The number of anilines is 1. The molecule has 3 rings (SSSR count). The second kappa shape index (κ2) is 11.3. The molecule has 0 atom stereocenters. The van der Waals surface area contributed by atoms with E-state index >= 15 is 0 Å². The first-order valence-electron chi connectivity index (χ1n) is 10.6. The standard InChI is InChI=1S/C25H27ClN4O3S/c1-19-8-14-23(15-9-19)34(32,33)30(17-21-6-4-5-7-24(21)26)18-25(31)28-27-16-20-10-12-22(13-11-20)29(2)3/h4-16H,17-18H2,1-3H3,(H,28,31)/b27-16-. The van der Waals surface area contributed by atoms with Crippen LogP contribution in [0.25, 0.3) is 0 Å². The molecule has 7 nitrogen and oxygen atoms in total. The molecule has 1 N–H and O–H groups in total. The largest absolute Gasteiger partial charge is 0.378 e. The molecule has 0 radical (unpaired) electrons. The molecule has 0 heterocycles. The van der Waals surface area contributed by atoms with E-state index in [0.29, 0.717) is 10.6 Å². The molecule has 3 aromatic carbocycles. The molecule has 9 heteroatoms. The van der Waals surface area contributed by atoms with Gasteiger partial charge in [-0.15, -0.1) is 0 Å². The average Bonchev–Trinajstić information content (AvgIpc) is 2.80. The molecule has 178 valence electrons. The van der Waals surface area contributed by atoms with Crippen molar-refractivity contribution in [3.8, 4) is 0 Å². The minimum atomic E-state index is -3.96. The number of sulfonamides is 1. The third-order valence-electron chi connectivity index (χ3n) is 5.10. The summed E-state index contributed by atoms with van der Waals surface area (Å²) < 4.78 is 27.8. The van der Waals surface area contributed by atoms with Gasteiger partial charge in [0, 0.05) is 31.4 Å². The number of carbonyl (C=O) groups is 1. The van der Waals surface area contributed by atoms with Gasteiger partial charge in [-0.2, -0.15) is 9.41 Å². The lowest BCUT2D eigenvalue weighted by Gasteiger charge is -2.22. The zero-order chi connectivity index (χ0) is 24.7. The van der Waals surface area contributed by atoms with Crippen LogP contribution >= 0.6 is 11.6 Å². The number of aryl methyl sites for hydroxylation is 1. The van der Waals surface area contributed by atoms with Crippen molar-refractivity contribution in [2.75, 3.05) is 25.5 Å². The van der Waals surface area contributed by atoms with Gasteiger partial charge in [0.2, 0.25) is 10.0 Å². The lowest BCUT2D eigenvalue weighted by atomic mass is 10.2. The van der Waals surface area contributed by atoms with Crippen molar-refractivity contribution < 1.29 is 13.2 Å². The first-order valence-corrected chi connectivity index (χ1v) is 12.4. The number of nitrogens with one attached hydrogen (secondary N) is 1. The van der Waals surface area contributed by atoms with Crippen LogP contribution in [0.3, 0.4) is 0 Å². The zero-order valence-electron chi connectivity index (χ0n) is 19.3. The van der Waals surface area contributed by atoms with E-state index in [1.165, 1.54) is 18.3 Å². The van der Waals surface area contributed by atoms with E-state index in [9.17, 15) is 13.2 Å². The minimum absolute atomic E-state index is 0.0565. The highest BCUT2D eigenvalue weighted by molar-refractivity contribution is 7.89. The number of carbonyl (C=O) groups excluding carboxylic acids is 1. The summed E-state index contributed by atoms with van der Waals surface area (Å²) in [5.74, 6) is -0.566. The second-order valence-electron chi connectivity index (χ2n) is 7.96. The Morgan fingerprint density at radius 3 is 2.26 bits per heavy atom. The summed E-state index contributed by atoms with van der Waals surface area (Å²) in [6, 6.07) is 21.0. The quantitative estimate of drug-likeness (QED) is 0.356. The van der Waals surface area contributed by atoms with Gasteiger partial charge in [0.15, 0.2) is 0 Å². The molecule has 1 amide bonds. The summed E-state index contributed by atoms with van der Waals surface area (Å²) in [5.41, 5.74) is 5.78. The van der Waals surface area contributed by atoms with Crippen LogP contribution in [0.5, 0.6) is 0 Å². The Morgan fingerprint density at radius 1 is 1.00 bits per heavy atom. The fraction of sp³-hybridized carbons (Fsp3) is 0.200. The molecule has 0 aliphatic rings. The number of hydrogen-bond acceptors (Lipinski definition) is 5. The summed E-state index contributed by atoms with van der Waals surface area (Å²) in [4.78, 5) is 14.7. The van der Waals surface area contributed by atoms with Crippen LogP contribution in [0.2, 0.25) is 5.02 Å². The Kier molecular flexibility index (Phi) is 8.44. The topological polar surface area (TPSA) is 82.1 Å². The Labute approximate surface area is 205 Å². The van der Waals surface area contributed by atoms with Gasteiger partial charge in [-0.1, -0.05) is 59.6 Å². The second-order valence-corrected chi connectivity index (χ2v) is 10.3. The van der Waals surface area contributed by atoms with Crippen molar-refractivity contribution in [3.63, 3.8) is 0 Å². The molecule has 34 heavy (non-hydrogen) atoms. The third-order valence-corrected chi connectivity index (χ3v) is 7.27. The highest BCUT2D eigenvalue weighted by atomic mass is 35.5. The van der Waals surface area contributed by atoms with Crippen LogP contribution in [-0.4, -0.2) is 45.5 Å². The fourth-order valence-corrected chi connectivity index (χ4v) is 4.70. The molecule has 0 saturated carbocycles. The number of nitrogens with zero attached hydrogens (tertiary/aromatic N) is 3. The molecule has 0 spiro atoms. The molecule has 0 unspecified atom stereocenters. The van der Waals surface area contributed by atoms with Crippen molar-refractivity contribution in [1.29, 1.82) is 0 Å². The van der Waals surface area contributed by atoms with E-state index in [2.05, 4.69) is 10.5 Å². The third kappa shape index (κ3) is 6.66. The van der Waals surface area contributed by atoms with Gasteiger partial charge < -0.3 is 4.90 Å². The van der Waals surface area contributed by atoms with E-state index in [-0.39, 0.29) is 11.4 Å². The van der Waals surface area contributed by atoms with Crippen molar-refractivity contribution >= 4 is 39.4 Å². The van der Waals surface area contributed by atoms with Crippen molar-refractivity contribution in [2.24, 2.45) is 5.10 Å². The molecule has 0 bridgehead atoms. The molecular formula is C25H27ClN4O3S. The van der Waals surface area contributed by atoms with Gasteiger partial charge in [-0.05, 0) is 48.4 Å². The van der Waals surface area contributed by atoms with Crippen LogP contribution in [0, 0.1) is 6.92 Å². The minimum Gasteiger partial charge on any atom is -0.378 e. The Hall–Kier alpha value is -3.20. The fourth-order valence-electron chi connectivity index (χ4n) is 3.13. The van der Waals surface area contributed by atoms with E-state index in [1.54, 1.807) is 36.4 Å². The molecule has 3 aromatic rings. The van der Waals surface area contributed by atoms with Gasteiger partial charge in [0.05, 0.1) is 17.7 Å². The Bertz CT molecular complexity index is 1260. The van der Waals surface area contributed by atoms with Crippen molar-refractivity contribution in [2.45, 2.75) is 18.4 Å². The summed E-state index contributed by atoms with van der Waals surface area (Å²) in [6.45, 7) is 1.40. The number of benzene rings is 3. The van der Waals surface area contributed by atoms with Gasteiger partial charge in [0.25, 0.3) is 5.91 Å². The van der Waals surface area contributed by atoms with Crippen molar-refractivity contribution in [1.82, 2.24) is 9.73 Å². The van der Waals surface area contributed by atoms with Crippen LogP contribution in [-0.2, 0) is 21.4 Å². The summed E-state index contributed by atoms with van der Waals surface area (Å²) >= 11 is 6.26. The maximum atomic E-state index is 13.3. The van der Waals surface area contributed by atoms with Crippen LogP contribution in [0.4, 0.5) is 5.69 Å². The number of rotatable bonds is 9. The zero-order valence-corrected chi connectivity index (χ0v) is 20.8. The number of hydrazone groups is 1. The first-order chi connectivity index (χ1) is 16.2. The number of halogens is 1. The van der Waals surface area contributed by atoms with E-state index in [4.69, 9.17) is 11.6 Å².